The van der Waals surface area contributed by atoms with E-state index in [1.165, 1.54) is 6.07 Å². The summed E-state index contributed by atoms with van der Waals surface area (Å²) in [6, 6.07) is 20.4. The van der Waals surface area contributed by atoms with Crippen LogP contribution >= 0.6 is 0 Å². The Morgan fingerprint density at radius 2 is 1.65 bits per heavy atom. The number of nitrogens with one attached hydrogen (secondary N) is 1. The summed E-state index contributed by atoms with van der Waals surface area (Å²) >= 11 is 0. The second-order valence-corrected chi connectivity index (χ2v) is 8.08. The van der Waals surface area contributed by atoms with Gasteiger partial charge in [0, 0.05) is 11.5 Å². The molecule has 7 nitrogen and oxygen atoms in total. The number of fused-ring (bicyclic) bond motifs is 3. The molecule has 7 heteroatoms. The molecule has 174 valence electrons. The van der Waals surface area contributed by atoms with Crippen LogP contribution in [0.2, 0.25) is 0 Å². The summed E-state index contributed by atoms with van der Waals surface area (Å²) in [5, 5.41) is 4.59. The zero-order valence-corrected chi connectivity index (χ0v) is 18.9. The molecule has 0 bridgehead atoms. The zero-order valence-electron chi connectivity index (χ0n) is 18.9. The number of hydrogen-bond donors (Lipinski definition) is 1. The molecule has 0 aliphatic rings. The van der Waals surface area contributed by atoms with E-state index < -0.39 is 23.7 Å². The Morgan fingerprint density at radius 3 is 2.38 bits per heavy atom. The van der Waals surface area contributed by atoms with E-state index >= 15 is 0 Å². The predicted molar refractivity (Wildman–Crippen MR) is 129 cm³/mol. The summed E-state index contributed by atoms with van der Waals surface area (Å²) in [6.07, 6.45) is -0.0702. The Bertz CT molecular complexity index is 1380. The van der Waals surface area contributed by atoms with Crippen LogP contribution in [0.15, 0.2) is 82.0 Å². The zero-order chi connectivity index (χ0) is 24.1. The van der Waals surface area contributed by atoms with Crippen LogP contribution in [-0.4, -0.2) is 18.1 Å². The number of alkyl carbamates (subject to hydrolysis) is 1. The van der Waals surface area contributed by atoms with E-state index in [1.807, 2.05) is 56.3 Å². The molecule has 0 aliphatic carbocycles. The van der Waals surface area contributed by atoms with E-state index in [1.54, 1.807) is 24.3 Å². The topological polar surface area (TPSA) is 94.8 Å². The van der Waals surface area contributed by atoms with E-state index in [9.17, 15) is 14.4 Å². The van der Waals surface area contributed by atoms with E-state index in [2.05, 4.69) is 5.32 Å². The first-order chi connectivity index (χ1) is 16.5. The number of carbonyl (C=O) groups is 2. The molecule has 1 heterocycles. The van der Waals surface area contributed by atoms with Crippen LogP contribution in [0.4, 0.5) is 4.79 Å². The maximum atomic E-state index is 13.0. The summed E-state index contributed by atoms with van der Waals surface area (Å²) in [5.74, 6) is -0.615. The van der Waals surface area contributed by atoms with Crippen LogP contribution in [0.3, 0.4) is 0 Å². The molecule has 0 saturated carbocycles. The van der Waals surface area contributed by atoms with Gasteiger partial charge < -0.3 is 19.2 Å². The van der Waals surface area contributed by atoms with Gasteiger partial charge in [-0.15, -0.1) is 0 Å². The Morgan fingerprint density at radius 1 is 0.941 bits per heavy atom. The van der Waals surface area contributed by atoms with Crippen molar-refractivity contribution in [3.63, 3.8) is 0 Å². The predicted octanol–water partition coefficient (Wildman–Crippen LogP) is 5.19. The fourth-order valence-electron chi connectivity index (χ4n) is 3.66. The lowest BCUT2D eigenvalue weighted by molar-refractivity contribution is -0.138. The number of hydrogen-bond acceptors (Lipinski definition) is 6. The quantitative estimate of drug-likeness (QED) is 0.177. The first-order valence-corrected chi connectivity index (χ1v) is 11.1. The first-order valence-electron chi connectivity index (χ1n) is 11.1. The fraction of sp³-hybridized carbons (Fsp3) is 0.222. The van der Waals surface area contributed by atoms with Gasteiger partial charge in [-0.25, -0.2) is 14.4 Å². The van der Waals surface area contributed by atoms with Crippen molar-refractivity contribution < 1.29 is 23.5 Å². The van der Waals surface area contributed by atoms with Crippen LogP contribution in [0.25, 0.3) is 21.7 Å². The monoisotopic (exact) mass is 459 g/mol. The highest BCUT2D eigenvalue weighted by molar-refractivity contribution is 6.04. The summed E-state index contributed by atoms with van der Waals surface area (Å²) in [5.41, 5.74) is 0.682. The Hall–Kier alpha value is -4.13. The normalized spacial score (nSPS) is 12.8. The molecule has 4 aromatic rings. The molecule has 1 N–H and O–H groups in total. The van der Waals surface area contributed by atoms with Gasteiger partial charge in [-0.2, -0.15) is 0 Å². The van der Waals surface area contributed by atoms with E-state index in [-0.39, 0.29) is 18.3 Å². The van der Waals surface area contributed by atoms with Crippen molar-refractivity contribution in [2.75, 3.05) is 0 Å². The molecule has 2 unspecified atom stereocenters. The number of esters is 1. The maximum Gasteiger partial charge on any atom is 0.408 e. The van der Waals surface area contributed by atoms with Gasteiger partial charge in [0.05, 0.1) is 5.39 Å². The second kappa shape index (κ2) is 10.2. The van der Waals surface area contributed by atoms with E-state index in [0.717, 1.165) is 16.3 Å². The van der Waals surface area contributed by atoms with Crippen molar-refractivity contribution in [2.24, 2.45) is 5.92 Å². The molecule has 0 spiro atoms. The minimum absolute atomic E-state index is 0.0899. The van der Waals surface area contributed by atoms with Gasteiger partial charge in [-0.3, -0.25) is 0 Å². The maximum absolute atomic E-state index is 13.0. The molecule has 34 heavy (non-hydrogen) atoms. The first kappa shape index (κ1) is 23.0. The average Bonchev–Trinajstić information content (AvgIpc) is 2.86. The molecule has 0 fully saturated rings. The van der Waals surface area contributed by atoms with Crippen LogP contribution in [0.5, 0.6) is 5.75 Å². The van der Waals surface area contributed by atoms with Crippen LogP contribution in [-0.2, 0) is 16.1 Å². The molecule has 0 saturated heterocycles. The lowest BCUT2D eigenvalue weighted by atomic mass is 9.99. The molecule has 3 aromatic carbocycles. The van der Waals surface area contributed by atoms with Gasteiger partial charge in [0.15, 0.2) is 0 Å². The fourth-order valence-corrected chi connectivity index (χ4v) is 3.66. The van der Waals surface area contributed by atoms with Gasteiger partial charge in [-0.05, 0) is 35.1 Å². The van der Waals surface area contributed by atoms with Gasteiger partial charge >= 0.3 is 17.7 Å². The Kier molecular flexibility index (Phi) is 6.92. The van der Waals surface area contributed by atoms with Crippen molar-refractivity contribution >= 4 is 33.8 Å². The average molecular weight is 459 g/mol. The molecule has 0 aliphatic heterocycles. The lowest BCUT2D eigenvalue weighted by Gasteiger charge is -2.22. The van der Waals surface area contributed by atoms with Crippen molar-refractivity contribution in [3.05, 3.63) is 88.8 Å². The second-order valence-electron chi connectivity index (χ2n) is 8.08. The number of ether oxygens (including phenoxy) is 2. The Labute approximate surface area is 196 Å². The summed E-state index contributed by atoms with van der Waals surface area (Å²) in [4.78, 5) is 37.6. The molecule has 2 atom stereocenters. The number of rotatable bonds is 7. The third-order valence-corrected chi connectivity index (χ3v) is 5.76. The van der Waals surface area contributed by atoms with Crippen molar-refractivity contribution in [3.8, 4) is 5.75 Å². The number of benzene rings is 3. The molecule has 1 amide bonds. The van der Waals surface area contributed by atoms with Gasteiger partial charge in [-0.1, -0.05) is 68.8 Å². The van der Waals surface area contributed by atoms with Gasteiger partial charge in [0.2, 0.25) is 0 Å². The smallest absolute Gasteiger partial charge is 0.408 e. The highest BCUT2D eigenvalue weighted by Crippen LogP contribution is 2.26. The molecule has 0 radical (unpaired) electrons. The summed E-state index contributed by atoms with van der Waals surface area (Å²) < 4.78 is 16.2. The molecular formula is C27H25NO6. The van der Waals surface area contributed by atoms with Gasteiger partial charge in [0.1, 0.15) is 24.0 Å². The SMILES string of the molecule is CCC(C)C(NC(=O)OCc1ccccc1)C(=O)Oc1ccc2c(c1)oc(=O)c1ccccc12. The largest absolute Gasteiger partial charge is 0.445 e. The Balaban J connectivity index is 1.50. The number of amides is 1. The van der Waals surface area contributed by atoms with Crippen molar-refractivity contribution in [1.82, 2.24) is 5.32 Å². The molecular weight excluding hydrogens is 434 g/mol. The van der Waals surface area contributed by atoms with Crippen LogP contribution in [0, 0.1) is 5.92 Å². The van der Waals surface area contributed by atoms with Crippen molar-refractivity contribution in [2.45, 2.75) is 32.9 Å². The number of carbonyl (C=O) groups excluding carboxylic acids is 2. The minimum atomic E-state index is -0.910. The third-order valence-electron chi connectivity index (χ3n) is 5.76. The molecule has 4 rings (SSSR count). The van der Waals surface area contributed by atoms with Gasteiger partial charge in [0.25, 0.3) is 0 Å². The standard InChI is InChI=1S/C27H25NO6/c1-3-17(2)24(28-27(31)32-16-18-9-5-4-6-10-18)26(30)33-19-13-14-21-20-11-7-8-12-22(20)25(29)34-23(21)15-19/h4-15,17,24H,3,16H2,1-2H3,(H,28,31). The highest BCUT2D eigenvalue weighted by Gasteiger charge is 2.28. The third kappa shape index (κ3) is 5.09. The minimum Gasteiger partial charge on any atom is -0.445 e. The van der Waals surface area contributed by atoms with E-state index in [0.29, 0.717) is 17.4 Å². The van der Waals surface area contributed by atoms with Crippen molar-refractivity contribution in [1.29, 1.82) is 0 Å². The van der Waals surface area contributed by atoms with E-state index in [4.69, 9.17) is 13.9 Å². The summed E-state index contributed by atoms with van der Waals surface area (Å²) in [6.45, 7) is 3.85. The molecule has 1 aromatic heterocycles. The summed E-state index contributed by atoms with van der Waals surface area (Å²) in [7, 11) is 0. The van der Waals surface area contributed by atoms with Crippen LogP contribution < -0.4 is 15.7 Å². The highest BCUT2D eigenvalue weighted by atomic mass is 16.6. The lowest BCUT2D eigenvalue weighted by Crippen LogP contribution is -2.47. The van der Waals surface area contributed by atoms with Crippen LogP contribution in [0.1, 0.15) is 25.8 Å².